The van der Waals surface area contributed by atoms with Crippen LogP contribution >= 0.6 is 11.8 Å². The molecule has 0 bridgehead atoms. The predicted octanol–water partition coefficient (Wildman–Crippen LogP) is 3.87. The number of carboxylic acids is 1. The Kier molecular flexibility index (Phi) is 8.96. The maximum Gasteiger partial charge on any atom is 0.341 e. The number of carboxylic acid groups (broad SMARTS) is 1. The Morgan fingerprint density at radius 2 is 1.82 bits per heavy atom. The highest BCUT2D eigenvalue weighted by atomic mass is 32.2. The van der Waals surface area contributed by atoms with E-state index in [1.54, 1.807) is 12.1 Å². The number of nitrogens with zero attached hydrogens (tertiary/aromatic N) is 3. The number of carbonyl (C=O) groups excluding carboxylic acids is 2. The van der Waals surface area contributed by atoms with E-state index in [4.69, 9.17) is 14.6 Å². The molecule has 0 spiro atoms. The first kappa shape index (κ1) is 28.1. The van der Waals surface area contributed by atoms with E-state index in [-0.39, 0.29) is 23.1 Å². The summed E-state index contributed by atoms with van der Waals surface area (Å²) in [7, 11) is 1.41. The van der Waals surface area contributed by atoms with Crippen molar-refractivity contribution in [3.63, 3.8) is 0 Å². The van der Waals surface area contributed by atoms with Gasteiger partial charge in [0.05, 0.1) is 19.0 Å². The van der Waals surface area contributed by atoms with Crippen LogP contribution in [0.25, 0.3) is 0 Å². The molecule has 3 N–H and O–H groups in total. The number of ether oxygens (including phenoxy) is 2. The first-order chi connectivity index (χ1) is 19.2. The molecule has 1 saturated heterocycles. The van der Waals surface area contributed by atoms with Crippen LogP contribution in [0.1, 0.15) is 12.0 Å². The Hall–Kier alpha value is -4.91. The van der Waals surface area contributed by atoms with Crippen LogP contribution in [0.4, 0.5) is 15.8 Å². The number of carbonyl (C=O) groups is 3. The number of methoxy groups -OCH3 is 1. The van der Waals surface area contributed by atoms with Crippen molar-refractivity contribution in [2.24, 2.45) is 10.2 Å². The monoisotopic (exact) mass is 566 g/mol. The fourth-order valence-corrected chi connectivity index (χ4v) is 4.68. The van der Waals surface area contributed by atoms with Crippen molar-refractivity contribution in [2.75, 3.05) is 23.9 Å². The topological polar surface area (TPSA) is 150 Å². The number of amidine groups is 1. The molecule has 206 valence electrons. The Morgan fingerprint density at radius 1 is 1.10 bits per heavy atom. The van der Waals surface area contributed by atoms with E-state index in [0.717, 1.165) is 11.8 Å². The normalized spacial score (nSPS) is 15.9. The number of phenolic OH excluding ortho intramolecular Hbond substituents is 1. The Morgan fingerprint density at radius 3 is 2.50 bits per heavy atom. The fraction of sp³-hybridized carbons (Fsp3) is 0.148. The number of benzene rings is 3. The molecular weight excluding hydrogens is 543 g/mol. The Labute approximate surface area is 231 Å². The fourth-order valence-electron chi connectivity index (χ4n) is 3.59. The summed E-state index contributed by atoms with van der Waals surface area (Å²) in [5.41, 5.74) is 1.38. The number of hydrogen-bond donors (Lipinski definition) is 3. The minimum atomic E-state index is -1.13. The van der Waals surface area contributed by atoms with Gasteiger partial charge in [0, 0.05) is 12.1 Å². The molecule has 0 aromatic heterocycles. The second-order valence-electron chi connectivity index (χ2n) is 8.28. The van der Waals surface area contributed by atoms with Crippen LogP contribution < -0.4 is 19.7 Å². The average molecular weight is 567 g/mol. The third-order valence-electron chi connectivity index (χ3n) is 5.43. The van der Waals surface area contributed by atoms with Crippen LogP contribution in [0.15, 0.2) is 76.9 Å². The molecule has 11 nitrogen and oxygen atoms in total. The SMILES string of the molecule is COc1cc(C=NN=C2SC(CC(=O)Nc3ccc(F)cc3)C(=O)N2c2ccc(O)cc2)ccc1OCC(=O)O. The number of hydrogen-bond acceptors (Lipinski definition) is 9. The summed E-state index contributed by atoms with van der Waals surface area (Å²) in [6, 6.07) is 15.9. The molecule has 0 saturated carbocycles. The minimum absolute atomic E-state index is 0.0134. The van der Waals surface area contributed by atoms with E-state index in [0.29, 0.717) is 22.7 Å². The van der Waals surface area contributed by atoms with Gasteiger partial charge in [0.1, 0.15) is 16.8 Å². The van der Waals surface area contributed by atoms with Gasteiger partial charge in [0.2, 0.25) is 11.8 Å². The number of anilines is 2. The summed E-state index contributed by atoms with van der Waals surface area (Å²) in [4.78, 5) is 38.0. The van der Waals surface area contributed by atoms with Crippen LogP contribution in [0.5, 0.6) is 17.2 Å². The van der Waals surface area contributed by atoms with Crippen LogP contribution in [-0.2, 0) is 14.4 Å². The summed E-state index contributed by atoms with van der Waals surface area (Å²) in [6.07, 6.45) is 1.23. The van der Waals surface area contributed by atoms with Crippen molar-refractivity contribution in [3.8, 4) is 17.2 Å². The van der Waals surface area contributed by atoms with E-state index in [1.165, 1.54) is 72.8 Å². The number of aromatic hydroxyl groups is 1. The zero-order valence-corrected chi connectivity index (χ0v) is 21.8. The van der Waals surface area contributed by atoms with Gasteiger partial charge in [0.15, 0.2) is 23.3 Å². The Bertz CT molecular complexity index is 1460. The highest BCUT2D eigenvalue weighted by Gasteiger charge is 2.40. The van der Waals surface area contributed by atoms with Crippen molar-refractivity contribution in [1.29, 1.82) is 0 Å². The molecule has 1 aliphatic heterocycles. The molecular formula is C27H23FN4O7S. The maximum absolute atomic E-state index is 13.3. The highest BCUT2D eigenvalue weighted by Crippen LogP contribution is 2.35. The summed E-state index contributed by atoms with van der Waals surface area (Å²) in [5, 5.41) is 28.8. The number of nitrogens with one attached hydrogen (secondary N) is 1. The summed E-state index contributed by atoms with van der Waals surface area (Å²) in [6.45, 7) is -0.529. The van der Waals surface area contributed by atoms with Gasteiger partial charge in [-0.05, 0) is 72.3 Å². The smallest absolute Gasteiger partial charge is 0.341 e. The molecule has 0 aliphatic carbocycles. The molecule has 3 aromatic rings. The number of rotatable bonds is 10. The molecule has 2 amide bonds. The molecule has 1 atom stereocenters. The standard InChI is InChI=1S/C27H23FN4O7S/c1-38-22-12-16(2-11-21(22)39-15-25(35)36)14-29-31-27-32(19-7-9-20(33)10-8-19)26(37)23(40-27)13-24(34)30-18-5-3-17(28)4-6-18/h2-12,14,23,33H,13,15H2,1H3,(H,30,34)(H,35,36). The molecule has 13 heteroatoms. The molecule has 0 radical (unpaired) electrons. The van der Waals surface area contributed by atoms with E-state index in [2.05, 4.69) is 15.5 Å². The molecule has 40 heavy (non-hydrogen) atoms. The van der Waals surface area contributed by atoms with Crippen molar-refractivity contribution in [1.82, 2.24) is 0 Å². The average Bonchev–Trinajstić information content (AvgIpc) is 3.23. The molecule has 4 rings (SSSR count). The van der Waals surface area contributed by atoms with Crippen LogP contribution in [0.2, 0.25) is 0 Å². The maximum atomic E-state index is 13.3. The third kappa shape index (κ3) is 7.14. The number of amides is 2. The molecule has 3 aromatic carbocycles. The number of phenols is 1. The van der Waals surface area contributed by atoms with Crippen LogP contribution in [0.3, 0.4) is 0 Å². The highest BCUT2D eigenvalue weighted by molar-refractivity contribution is 8.16. The second-order valence-corrected chi connectivity index (χ2v) is 9.45. The zero-order valence-electron chi connectivity index (χ0n) is 21.0. The van der Waals surface area contributed by atoms with E-state index < -0.39 is 35.5 Å². The lowest BCUT2D eigenvalue weighted by molar-refractivity contribution is -0.139. The van der Waals surface area contributed by atoms with Gasteiger partial charge in [-0.1, -0.05) is 11.8 Å². The lowest BCUT2D eigenvalue weighted by atomic mass is 10.2. The molecule has 1 aliphatic rings. The van der Waals surface area contributed by atoms with Crippen LogP contribution in [0, 0.1) is 5.82 Å². The van der Waals surface area contributed by atoms with Crippen molar-refractivity contribution in [3.05, 3.63) is 78.1 Å². The summed E-state index contributed by atoms with van der Waals surface area (Å²) < 4.78 is 23.6. The van der Waals surface area contributed by atoms with Gasteiger partial charge in [-0.15, -0.1) is 5.10 Å². The largest absolute Gasteiger partial charge is 0.508 e. The van der Waals surface area contributed by atoms with Crippen LogP contribution in [-0.4, -0.2) is 58.3 Å². The predicted molar refractivity (Wildman–Crippen MR) is 148 cm³/mol. The summed E-state index contributed by atoms with van der Waals surface area (Å²) in [5.74, 6) is -1.86. The zero-order chi connectivity index (χ0) is 28.6. The summed E-state index contributed by atoms with van der Waals surface area (Å²) >= 11 is 1.05. The van der Waals surface area contributed by atoms with Crippen molar-refractivity contribution >= 4 is 52.3 Å². The quantitative estimate of drug-likeness (QED) is 0.247. The van der Waals surface area contributed by atoms with Gasteiger partial charge in [-0.25, -0.2) is 9.18 Å². The van der Waals surface area contributed by atoms with E-state index in [9.17, 15) is 23.9 Å². The first-order valence-corrected chi connectivity index (χ1v) is 12.6. The van der Waals surface area contributed by atoms with Crippen molar-refractivity contribution < 1.29 is 38.5 Å². The van der Waals surface area contributed by atoms with E-state index >= 15 is 0 Å². The Balaban J connectivity index is 1.53. The van der Waals surface area contributed by atoms with Gasteiger partial charge < -0.3 is 25.0 Å². The van der Waals surface area contributed by atoms with Crippen molar-refractivity contribution in [2.45, 2.75) is 11.7 Å². The van der Waals surface area contributed by atoms with Gasteiger partial charge >= 0.3 is 5.97 Å². The first-order valence-electron chi connectivity index (χ1n) is 11.7. The number of aliphatic carboxylic acids is 1. The molecule has 1 heterocycles. The number of halogens is 1. The number of thioether (sulfide) groups is 1. The van der Waals surface area contributed by atoms with E-state index in [1.807, 2.05) is 0 Å². The minimum Gasteiger partial charge on any atom is -0.508 e. The van der Waals surface area contributed by atoms with Gasteiger partial charge in [-0.3, -0.25) is 14.5 Å². The lowest BCUT2D eigenvalue weighted by Crippen LogP contribution is -2.33. The van der Waals surface area contributed by atoms with Gasteiger partial charge in [-0.2, -0.15) is 5.10 Å². The third-order valence-corrected chi connectivity index (χ3v) is 6.56. The van der Waals surface area contributed by atoms with Gasteiger partial charge in [0.25, 0.3) is 0 Å². The lowest BCUT2D eigenvalue weighted by Gasteiger charge is -2.16. The molecule has 1 unspecified atom stereocenters. The molecule has 1 fully saturated rings. The second kappa shape index (κ2) is 12.8.